The Bertz CT molecular complexity index is 328. The van der Waals surface area contributed by atoms with Gasteiger partial charge >= 0.3 is 0 Å². The van der Waals surface area contributed by atoms with Crippen molar-refractivity contribution in [2.75, 3.05) is 0 Å². The number of benzene rings is 1. The number of rotatable bonds is 1. The van der Waals surface area contributed by atoms with Crippen molar-refractivity contribution in [2.45, 2.75) is 6.10 Å². The molecule has 1 aromatic carbocycles. The smallest absolute Gasteiger partial charge is 0.159 e. The number of halogens is 2. The van der Waals surface area contributed by atoms with Gasteiger partial charge in [-0.3, -0.25) is 0 Å². The molecule has 0 aliphatic rings. The lowest BCUT2D eigenvalue weighted by molar-refractivity contribution is 0.237. The average Bonchev–Trinajstić information content (AvgIpc) is 2.08. The first-order valence-corrected chi connectivity index (χ1v) is 3.24. The van der Waals surface area contributed by atoms with Crippen LogP contribution in [0.1, 0.15) is 11.7 Å². The van der Waals surface area contributed by atoms with Gasteiger partial charge in [-0.1, -0.05) is 12.0 Å². The molecule has 62 valence electrons. The Balaban J connectivity index is 3.06. The number of hydrogen-bond acceptors (Lipinski definition) is 1. The molecule has 0 aliphatic carbocycles. The first-order chi connectivity index (χ1) is 5.65. The Hall–Kier alpha value is -1.40. The minimum absolute atomic E-state index is 0.177. The van der Waals surface area contributed by atoms with E-state index in [9.17, 15) is 8.78 Å². The molecule has 0 saturated carbocycles. The van der Waals surface area contributed by atoms with Crippen molar-refractivity contribution in [3.05, 3.63) is 35.4 Å². The molecular formula is C9H6F2O. The third kappa shape index (κ3) is 1.60. The molecule has 1 rings (SSSR count). The maximum absolute atomic E-state index is 12.5. The summed E-state index contributed by atoms with van der Waals surface area (Å²) >= 11 is 0. The highest BCUT2D eigenvalue weighted by molar-refractivity contribution is 5.24. The largest absolute Gasteiger partial charge is 0.376 e. The lowest BCUT2D eigenvalue weighted by atomic mass is 10.1. The molecule has 0 aliphatic heterocycles. The van der Waals surface area contributed by atoms with Gasteiger partial charge in [0.25, 0.3) is 0 Å². The van der Waals surface area contributed by atoms with Crippen LogP contribution < -0.4 is 0 Å². The summed E-state index contributed by atoms with van der Waals surface area (Å²) in [5.41, 5.74) is 0.177. The van der Waals surface area contributed by atoms with E-state index in [2.05, 4.69) is 0 Å². The summed E-state index contributed by atoms with van der Waals surface area (Å²) in [5, 5.41) is 9.02. The average molecular weight is 168 g/mol. The van der Waals surface area contributed by atoms with Crippen LogP contribution in [0, 0.1) is 24.0 Å². The molecule has 0 radical (unpaired) electrons. The van der Waals surface area contributed by atoms with Crippen LogP contribution >= 0.6 is 0 Å². The summed E-state index contributed by atoms with van der Waals surface area (Å²) in [6.45, 7) is 0. The van der Waals surface area contributed by atoms with E-state index in [4.69, 9.17) is 11.5 Å². The lowest BCUT2D eigenvalue weighted by Gasteiger charge is -2.02. The highest BCUT2D eigenvalue weighted by Crippen LogP contribution is 2.14. The fourth-order valence-electron chi connectivity index (χ4n) is 0.779. The molecule has 0 spiro atoms. The highest BCUT2D eigenvalue weighted by atomic mass is 19.2. The van der Waals surface area contributed by atoms with Crippen LogP contribution in [0.2, 0.25) is 0 Å². The second-order valence-electron chi connectivity index (χ2n) is 2.24. The van der Waals surface area contributed by atoms with Crippen LogP contribution in [0.5, 0.6) is 0 Å². The molecule has 3 heteroatoms. The normalized spacial score (nSPS) is 12.2. The summed E-state index contributed by atoms with van der Waals surface area (Å²) in [4.78, 5) is 0. The summed E-state index contributed by atoms with van der Waals surface area (Å²) < 4.78 is 24.9. The lowest BCUT2D eigenvalue weighted by Crippen LogP contribution is -1.95. The van der Waals surface area contributed by atoms with E-state index < -0.39 is 17.7 Å². The predicted molar refractivity (Wildman–Crippen MR) is 40.2 cm³/mol. The van der Waals surface area contributed by atoms with Crippen LogP contribution in [-0.4, -0.2) is 5.11 Å². The molecule has 12 heavy (non-hydrogen) atoms. The maximum Gasteiger partial charge on any atom is 0.159 e. The van der Waals surface area contributed by atoms with Crippen molar-refractivity contribution < 1.29 is 13.9 Å². The molecular weight excluding hydrogens is 162 g/mol. The van der Waals surface area contributed by atoms with E-state index in [0.29, 0.717) is 0 Å². The quantitative estimate of drug-likeness (QED) is 0.632. The zero-order valence-corrected chi connectivity index (χ0v) is 6.09. The summed E-state index contributed by atoms with van der Waals surface area (Å²) in [5.74, 6) is 0.0265. The van der Waals surface area contributed by atoms with Crippen molar-refractivity contribution in [3.63, 3.8) is 0 Å². The summed E-state index contributed by atoms with van der Waals surface area (Å²) in [6, 6.07) is 3.04. The van der Waals surface area contributed by atoms with Gasteiger partial charge < -0.3 is 5.11 Å². The van der Waals surface area contributed by atoms with Crippen molar-refractivity contribution in [2.24, 2.45) is 0 Å². The fourth-order valence-corrected chi connectivity index (χ4v) is 0.779. The first kappa shape index (κ1) is 8.69. The maximum atomic E-state index is 12.5. The van der Waals surface area contributed by atoms with Crippen LogP contribution in [0.3, 0.4) is 0 Å². The molecule has 1 aromatic rings. The molecule has 0 saturated heterocycles. The van der Waals surface area contributed by atoms with E-state index in [1.54, 1.807) is 0 Å². The molecule has 0 bridgehead atoms. The zero-order valence-electron chi connectivity index (χ0n) is 6.09. The predicted octanol–water partition coefficient (Wildman–Crippen LogP) is 1.63. The molecule has 0 fully saturated rings. The third-order valence-corrected chi connectivity index (χ3v) is 1.42. The second-order valence-corrected chi connectivity index (χ2v) is 2.24. The number of hydrogen-bond donors (Lipinski definition) is 1. The molecule has 0 heterocycles. The van der Waals surface area contributed by atoms with Gasteiger partial charge in [-0.15, -0.1) is 6.42 Å². The third-order valence-electron chi connectivity index (χ3n) is 1.42. The Kier molecular flexibility index (Phi) is 2.41. The van der Waals surface area contributed by atoms with Gasteiger partial charge in [0.15, 0.2) is 11.6 Å². The van der Waals surface area contributed by atoms with Crippen molar-refractivity contribution in [1.82, 2.24) is 0 Å². The molecule has 0 amide bonds. The SMILES string of the molecule is C#CC(O)c1ccc(F)c(F)c1. The zero-order chi connectivity index (χ0) is 9.14. The summed E-state index contributed by atoms with van der Waals surface area (Å²) in [6.07, 6.45) is 3.70. The van der Waals surface area contributed by atoms with Gasteiger partial charge in [0.05, 0.1) is 0 Å². The Labute approximate surface area is 68.7 Å². The molecule has 1 atom stereocenters. The van der Waals surface area contributed by atoms with E-state index in [1.807, 2.05) is 5.92 Å². The first-order valence-electron chi connectivity index (χ1n) is 3.24. The van der Waals surface area contributed by atoms with Crippen LogP contribution in [-0.2, 0) is 0 Å². The number of aliphatic hydroxyl groups is 1. The molecule has 1 unspecified atom stereocenters. The summed E-state index contributed by atoms with van der Waals surface area (Å²) in [7, 11) is 0. The van der Waals surface area contributed by atoms with Gasteiger partial charge in [0.2, 0.25) is 0 Å². The monoisotopic (exact) mass is 168 g/mol. The molecule has 0 aromatic heterocycles. The number of aliphatic hydroxyl groups excluding tert-OH is 1. The van der Waals surface area contributed by atoms with Crippen LogP contribution in [0.4, 0.5) is 8.78 Å². The Morgan fingerprint density at radius 2 is 2.00 bits per heavy atom. The number of terminal acetylenes is 1. The topological polar surface area (TPSA) is 20.2 Å². The van der Waals surface area contributed by atoms with Gasteiger partial charge in [-0.05, 0) is 17.7 Å². The second kappa shape index (κ2) is 3.33. The van der Waals surface area contributed by atoms with Crippen LogP contribution in [0.25, 0.3) is 0 Å². The van der Waals surface area contributed by atoms with Crippen molar-refractivity contribution >= 4 is 0 Å². The van der Waals surface area contributed by atoms with Crippen molar-refractivity contribution in [1.29, 1.82) is 0 Å². The van der Waals surface area contributed by atoms with Gasteiger partial charge in [-0.25, -0.2) is 8.78 Å². The molecule has 1 nitrogen and oxygen atoms in total. The molecule has 1 N–H and O–H groups in total. The standard InChI is InChI=1S/C9H6F2O/c1-2-9(12)6-3-4-7(10)8(11)5-6/h1,3-5,9,12H. The van der Waals surface area contributed by atoms with E-state index in [1.165, 1.54) is 6.07 Å². The van der Waals surface area contributed by atoms with Gasteiger partial charge in [0.1, 0.15) is 6.10 Å². The van der Waals surface area contributed by atoms with E-state index in [0.717, 1.165) is 12.1 Å². The fraction of sp³-hybridized carbons (Fsp3) is 0.111. The van der Waals surface area contributed by atoms with Gasteiger partial charge in [-0.2, -0.15) is 0 Å². The van der Waals surface area contributed by atoms with E-state index in [-0.39, 0.29) is 5.56 Å². The van der Waals surface area contributed by atoms with E-state index >= 15 is 0 Å². The van der Waals surface area contributed by atoms with Gasteiger partial charge in [0, 0.05) is 0 Å². The minimum Gasteiger partial charge on any atom is -0.376 e. The van der Waals surface area contributed by atoms with Crippen molar-refractivity contribution in [3.8, 4) is 12.3 Å². The highest BCUT2D eigenvalue weighted by Gasteiger charge is 2.07. The Morgan fingerprint density at radius 1 is 1.33 bits per heavy atom. The van der Waals surface area contributed by atoms with Crippen LogP contribution in [0.15, 0.2) is 18.2 Å². The Morgan fingerprint density at radius 3 is 2.50 bits per heavy atom. The minimum atomic E-state index is -1.18.